The van der Waals surface area contributed by atoms with Crippen LogP contribution in [0.4, 0.5) is 0 Å². The molecule has 5 heteroatoms. The summed E-state index contributed by atoms with van der Waals surface area (Å²) in [5.74, 6) is -0.389. The van der Waals surface area contributed by atoms with E-state index in [9.17, 15) is 10.2 Å². The predicted octanol–water partition coefficient (Wildman–Crippen LogP) is 3.96. The second-order valence-corrected chi connectivity index (χ2v) is 5.88. The van der Waals surface area contributed by atoms with E-state index < -0.39 is 0 Å². The summed E-state index contributed by atoms with van der Waals surface area (Å²) in [6, 6.07) is 19.2. The Balaban J connectivity index is 1.74. The minimum absolute atomic E-state index is 0.177. The van der Waals surface area contributed by atoms with Crippen LogP contribution in [-0.2, 0) is 0 Å². The molecule has 0 saturated heterocycles. The van der Waals surface area contributed by atoms with Gasteiger partial charge in [-0.2, -0.15) is 5.10 Å². The first-order valence-corrected chi connectivity index (χ1v) is 8.09. The molecule has 2 N–H and O–H groups in total. The van der Waals surface area contributed by atoms with Gasteiger partial charge in [0.2, 0.25) is 5.75 Å². The van der Waals surface area contributed by atoms with Crippen molar-refractivity contribution in [1.82, 2.24) is 0 Å². The first kappa shape index (κ1) is 15.9. The molecule has 26 heavy (non-hydrogen) atoms. The topological polar surface area (TPSA) is 74.4 Å². The summed E-state index contributed by atoms with van der Waals surface area (Å²) in [6.07, 6.45) is 1.51. The summed E-state index contributed by atoms with van der Waals surface area (Å²) >= 11 is 0. The standard InChI is InChI=1S/C21H16N2O3/c1-26-19-11-13(10-18(24)21(19)25)12-22-23-20-16-8-4-2-6-14(16)15-7-3-5-9-17(15)20/h2-12,24-25H,1H3/b22-12+. The van der Waals surface area contributed by atoms with Crippen molar-refractivity contribution in [3.8, 4) is 28.4 Å². The van der Waals surface area contributed by atoms with Gasteiger partial charge in [0.1, 0.15) is 5.71 Å². The van der Waals surface area contributed by atoms with Crippen LogP contribution in [0, 0.1) is 0 Å². The molecule has 0 saturated carbocycles. The van der Waals surface area contributed by atoms with Crippen molar-refractivity contribution in [2.75, 3.05) is 7.11 Å². The lowest BCUT2D eigenvalue weighted by atomic mass is 10.1. The number of hydrogen-bond acceptors (Lipinski definition) is 5. The normalized spacial score (nSPS) is 12.1. The fourth-order valence-electron chi connectivity index (χ4n) is 3.10. The van der Waals surface area contributed by atoms with E-state index in [2.05, 4.69) is 22.3 Å². The lowest BCUT2D eigenvalue weighted by Crippen LogP contribution is -1.97. The SMILES string of the molecule is COc1cc(/C=N/N=C2c3ccccc3-c3ccccc32)cc(O)c1O. The van der Waals surface area contributed by atoms with Crippen LogP contribution in [0.1, 0.15) is 16.7 Å². The molecule has 1 aliphatic rings. The Morgan fingerprint density at radius 1 is 0.846 bits per heavy atom. The molecule has 1 aliphatic carbocycles. The third kappa shape index (κ3) is 2.59. The predicted molar refractivity (Wildman–Crippen MR) is 101 cm³/mol. The number of benzene rings is 3. The second-order valence-electron chi connectivity index (χ2n) is 5.88. The molecule has 0 unspecified atom stereocenters. The number of rotatable bonds is 3. The first-order chi connectivity index (χ1) is 12.7. The highest BCUT2D eigenvalue weighted by molar-refractivity contribution is 6.24. The maximum Gasteiger partial charge on any atom is 0.200 e. The van der Waals surface area contributed by atoms with E-state index in [4.69, 9.17) is 4.74 Å². The molecule has 128 valence electrons. The van der Waals surface area contributed by atoms with Crippen LogP contribution in [-0.4, -0.2) is 29.2 Å². The Kier molecular flexibility index (Phi) is 3.89. The summed E-state index contributed by atoms with van der Waals surface area (Å²) in [4.78, 5) is 0. The van der Waals surface area contributed by atoms with Gasteiger partial charge in [-0.15, -0.1) is 5.10 Å². The number of ether oxygens (including phenoxy) is 1. The number of hydrogen-bond donors (Lipinski definition) is 2. The van der Waals surface area contributed by atoms with E-state index in [1.807, 2.05) is 36.4 Å². The smallest absolute Gasteiger partial charge is 0.200 e. The van der Waals surface area contributed by atoms with E-state index in [0.29, 0.717) is 5.56 Å². The molecule has 0 atom stereocenters. The van der Waals surface area contributed by atoms with Crippen molar-refractivity contribution in [1.29, 1.82) is 0 Å². The van der Waals surface area contributed by atoms with Crippen LogP contribution in [0.15, 0.2) is 70.9 Å². The van der Waals surface area contributed by atoms with Gasteiger partial charge in [-0.05, 0) is 23.3 Å². The fourth-order valence-corrected chi connectivity index (χ4v) is 3.10. The largest absolute Gasteiger partial charge is 0.504 e. The molecule has 5 nitrogen and oxygen atoms in total. The van der Waals surface area contributed by atoms with Crippen molar-refractivity contribution in [2.24, 2.45) is 10.2 Å². The number of methoxy groups -OCH3 is 1. The van der Waals surface area contributed by atoms with Crippen molar-refractivity contribution in [2.45, 2.75) is 0 Å². The highest BCUT2D eigenvalue weighted by Gasteiger charge is 2.23. The molecule has 0 fully saturated rings. The Morgan fingerprint density at radius 3 is 2.00 bits per heavy atom. The minimum Gasteiger partial charge on any atom is -0.504 e. The van der Waals surface area contributed by atoms with Gasteiger partial charge >= 0.3 is 0 Å². The molecule has 0 spiro atoms. The minimum atomic E-state index is -0.297. The van der Waals surface area contributed by atoms with E-state index >= 15 is 0 Å². The summed E-state index contributed by atoms with van der Waals surface area (Å²) in [6.45, 7) is 0. The van der Waals surface area contributed by atoms with E-state index in [1.54, 1.807) is 6.07 Å². The van der Waals surface area contributed by atoms with Crippen LogP contribution >= 0.6 is 0 Å². The Bertz CT molecular complexity index is 1010. The average molecular weight is 344 g/mol. The van der Waals surface area contributed by atoms with Crippen molar-refractivity contribution in [3.05, 3.63) is 77.4 Å². The monoisotopic (exact) mass is 344 g/mol. The van der Waals surface area contributed by atoms with Crippen molar-refractivity contribution in [3.63, 3.8) is 0 Å². The fraction of sp³-hybridized carbons (Fsp3) is 0.0476. The second kappa shape index (κ2) is 6.37. The van der Waals surface area contributed by atoms with Gasteiger partial charge in [0.25, 0.3) is 0 Å². The number of nitrogens with zero attached hydrogens (tertiary/aromatic N) is 2. The zero-order valence-corrected chi connectivity index (χ0v) is 14.0. The summed E-state index contributed by atoms with van der Waals surface area (Å²) in [5.41, 5.74) is 5.74. The van der Waals surface area contributed by atoms with Crippen LogP contribution in [0.2, 0.25) is 0 Å². The van der Waals surface area contributed by atoms with Crippen molar-refractivity contribution >= 4 is 11.9 Å². The Hall–Kier alpha value is -3.60. The molecular formula is C21H16N2O3. The molecule has 0 bridgehead atoms. The molecule has 4 rings (SSSR count). The van der Waals surface area contributed by atoms with Crippen molar-refractivity contribution < 1.29 is 14.9 Å². The summed E-state index contributed by atoms with van der Waals surface area (Å²) < 4.78 is 5.03. The van der Waals surface area contributed by atoms with E-state index in [0.717, 1.165) is 28.0 Å². The average Bonchev–Trinajstić information content (AvgIpc) is 2.99. The molecule has 3 aromatic carbocycles. The first-order valence-electron chi connectivity index (χ1n) is 8.09. The maximum atomic E-state index is 9.76. The zero-order valence-electron chi connectivity index (χ0n) is 14.0. The molecule has 0 heterocycles. The molecule has 3 aromatic rings. The summed E-state index contributed by atoms with van der Waals surface area (Å²) in [5, 5.41) is 28.0. The van der Waals surface area contributed by atoms with Crippen LogP contribution in [0.3, 0.4) is 0 Å². The lowest BCUT2D eigenvalue weighted by molar-refractivity contribution is 0.351. The number of phenolic OH excluding ortho intramolecular Hbond substituents is 2. The number of phenols is 2. The quantitative estimate of drug-likeness (QED) is 0.336. The van der Waals surface area contributed by atoms with Gasteiger partial charge in [0.05, 0.1) is 13.3 Å². The maximum absolute atomic E-state index is 9.76. The Labute approximate surface area is 150 Å². The van der Waals surface area contributed by atoms with E-state index in [1.165, 1.54) is 19.4 Å². The summed E-state index contributed by atoms with van der Waals surface area (Å²) in [7, 11) is 1.42. The molecular weight excluding hydrogens is 328 g/mol. The van der Waals surface area contributed by atoms with Crippen LogP contribution in [0.5, 0.6) is 17.2 Å². The molecule has 0 radical (unpaired) electrons. The highest BCUT2D eigenvalue weighted by Crippen LogP contribution is 2.37. The van der Waals surface area contributed by atoms with Gasteiger partial charge in [-0.25, -0.2) is 0 Å². The lowest BCUT2D eigenvalue weighted by Gasteiger charge is -2.05. The van der Waals surface area contributed by atoms with Crippen LogP contribution in [0.25, 0.3) is 11.1 Å². The van der Waals surface area contributed by atoms with Gasteiger partial charge in [-0.3, -0.25) is 0 Å². The molecule has 0 aliphatic heterocycles. The van der Waals surface area contributed by atoms with Crippen LogP contribution < -0.4 is 4.74 Å². The van der Waals surface area contributed by atoms with Gasteiger partial charge in [0.15, 0.2) is 11.5 Å². The van der Waals surface area contributed by atoms with E-state index in [-0.39, 0.29) is 17.2 Å². The third-order valence-electron chi connectivity index (χ3n) is 4.32. The zero-order chi connectivity index (χ0) is 18.1. The number of fused-ring (bicyclic) bond motifs is 3. The molecule has 0 amide bonds. The third-order valence-corrected chi connectivity index (χ3v) is 4.32. The number of aromatic hydroxyl groups is 2. The Morgan fingerprint density at radius 2 is 1.42 bits per heavy atom. The molecule has 0 aromatic heterocycles. The van der Waals surface area contributed by atoms with Gasteiger partial charge < -0.3 is 14.9 Å². The van der Waals surface area contributed by atoms with Gasteiger partial charge in [-0.1, -0.05) is 48.5 Å². The van der Waals surface area contributed by atoms with Gasteiger partial charge in [0, 0.05) is 16.7 Å². The highest BCUT2D eigenvalue weighted by atomic mass is 16.5.